The summed E-state index contributed by atoms with van der Waals surface area (Å²) in [5, 5.41) is 3.13. The number of piperidine rings is 2. The number of amides is 1. The predicted octanol–water partition coefficient (Wildman–Crippen LogP) is 1.54. The summed E-state index contributed by atoms with van der Waals surface area (Å²) in [6.45, 7) is 6.21. The molecule has 2 heterocycles. The SMILES string of the molecule is COCCNCC(=O)N1CCC(N2CCCCC2)CC1.Cl.Cl. The van der Waals surface area contributed by atoms with Gasteiger partial charge in [-0.25, -0.2) is 0 Å². The zero-order valence-corrected chi connectivity index (χ0v) is 15.2. The van der Waals surface area contributed by atoms with Crippen molar-refractivity contribution in [3.63, 3.8) is 0 Å². The van der Waals surface area contributed by atoms with Gasteiger partial charge in [-0.1, -0.05) is 6.42 Å². The monoisotopic (exact) mass is 355 g/mol. The molecule has 7 heteroatoms. The van der Waals surface area contributed by atoms with Crippen LogP contribution in [0.3, 0.4) is 0 Å². The maximum atomic E-state index is 12.1. The minimum atomic E-state index is 0. The molecule has 5 nitrogen and oxygen atoms in total. The normalized spacial score (nSPS) is 20.1. The van der Waals surface area contributed by atoms with Crippen LogP contribution in [0, 0.1) is 0 Å². The van der Waals surface area contributed by atoms with Gasteiger partial charge in [0.2, 0.25) is 5.91 Å². The second-order valence-corrected chi connectivity index (χ2v) is 5.88. The topological polar surface area (TPSA) is 44.8 Å². The molecule has 0 unspecified atom stereocenters. The van der Waals surface area contributed by atoms with E-state index in [2.05, 4.69) is 10.2 Å². The van der Waals surface area contributed by atoms with E-state index < -0.39 is 0 Å². The highest BCUT2D eigenvalue weighted by Crippen LogP contribution is 2.20. The lowest BCUT2D eigenvalue weighted by molar-refractivity contribution is -0.131. The molecule has 0 aliphatic carbocycles. The quantitative estimate of drug-likeness (QED) is 0.734. The first-order valence-corrected chi connectivity index (χ1v) is 8.02. The molecule has 0 bridgehead atoms. The molecule has 0 aromatic carbocycles. The van der Waals surface area contributed by atoms with Crippen LogP contribution in [0.25, 0.3) is 0 Å². The van der Waals surface area contributed by atoms with Gasteiger partial charge in [-0.3, -0.25) is 4.79 Å². The Labute approximate surface area is 146 Å². The van der Waals surface area contributed by atoms with Gasteiger partial charge >= 0.3 is 0 Å². The van der Waals surface area contributed by atoms with E-state index in [1.807, 2.05) is 4.90 Å². The average Bonchev–Trinajstić information content (AvgIpc) is 2.52. The lowest BCUT2D eigenvalue weighted by atomic mass is 10.00. The summed E-state index contributed by atoms with van der Waals surface area (Å²) in [6, 6.07) is 0.709. The number of nitrogens with one attached hydrogen (secondary N) is 1. The maximum absolute atomic E-state index is 12.1. The van der Waals surface area contributed by atoms with Crippen molar-refractivity contribution >= 4 is 30.7 Å². The van der Waals surface area contributed by atoms with Gasteiger partial charge in [0, 0.05) is 32.8 Å². The second-order valence-electron chi connectivity index (χ2n) is 5.88. The fourth-order valence-corrected chi connectivity index (χ4v) is 3.25. The molecule has 0 radical (unpaired) electrons. The number of nitrogens with zero attached hydrogens (tertiary/aromatic N) is 2. The summed E-state index contributed by atoms with van der Waals surface area (Å²) in [5.41, 5.74) is 0. The van der Waals surface area contributed by atoms with E-state index in [0.717, 1.165) is 32.5 Å². The fourth-order valence-electron chi connectivity index (χ4n) is 3.25. The van der Waals surface area contributed by atoms with E-state index in [9.17, 15) is 4.79 Å². The molecule has 2 fully saturated rings. The fraction of sp³-hybridized carbons (Fsp3) is 0.933. The van der Waals surface area contributed by atoms with Crippen LogP contribution in [0.15, 0.2) is 0 Å². The maximum Gasteiger partial charge on any atom is 0.236 e. The molecule has 2 aliphatic rings. The summed E-state index contributed by atoms with van der Waals surface area (Å²) in [7, 11) is 1.68. The van der Waals surface area contributed by atoms with E-state index in [1.165, 1.54) is 32.4 Å². The highest BCUT2D eigenvalue weighted by molar-refractivity contribution is 5.85. The molecule has 0 aromatic rings. The first-order chi connectivity index (χ1) is 9.81. The van der Waals surface area contributed by atoms with Gasteiger partial charge in [0.25, 0.3) is 0 Å². The number of carbonyl (C=O) groups is 1. The van der Waals surface area contributed by atoms with Crippen LogP contribution >= 0.6 is 24.8 Å². The molecule has 0 spiro atoms. The van der Waals surface area contributed by atoms with Crippen LogP contribution in [-0.4, -0.2) is 74.7 Å². The average molecular weight is 356 g/mol. The second kappa shape index (κ2) is 12.4. The lowest BCUT2D eigenvalue weighted by Gasteiger charge is -2.40. The van der Waals surface area contributed by atoms with Crippen molar-refractivity contribution in [2.75, 3.05) is 53.0 Å². The minimum Gasteiger partial charge on any atom is -0.383 e. The smallest absolute Gasteiger partial charge is 0.236 e. The Morgan fingerprint density at radius 1 is 1.09 bits per heavy atom. The van der Waals surface area contributed by atoms with Gasteiger partial charge in [-0.15, -0.1) is 24.8 Å². The van der Waals surface area contributed by atoms with Gasteiger partial charge < -0.3 is 19.9 Å². The summed E-state index contributed by atoms with van der Waals surface area (Å²) in [5.74, 6) is 0.234. The first kappa shape index (κ1) is 21.9. The molecular weight excluding hydrogens is 325 g/mol. The standard InChI is InChI=1S/C15H29N3O2.2ClH/c1-20-12-7-16-13-15(19)18-10-5-14(6-11-18)17-8-3-2-4-9-17;;/h14,16H,2-13H2,1H3;2*1H. The Bertz CT molecular complexity index is 295. The zero-order chi connectivity index (χ0) is 14.2. The van der Waals surface area contributed by atoms with E-state index in [-0.39, 0.29) is 30.7 Å². The number of carbonyl (C=O) groups excluding carboxylic acids is 1. The van der Waals surface area contributed by atoms with Gasteiger partial charge in [0.15, 0.2) is 0 Å². The number of hydrogen-bond acceptors (Lipinski definition) is 4. The van der Waals surface area contributed by atoms with Crippen molar-refractivity contribution in [2.45, 2.75) is 38.1 Å². The number of rotatable bonds is 6. The number of methoxy groups -OCH3 is 1. The Balaban J connectivity index is 0.00000220. The Morgan fingerprint density at radius 3 is 2.32 bits per heavy atom. The minimum absolute atomic E-state index is 0. The third kappa shape index (κ3) is 7.01. The largest absolute Gasteiger partial charge is 0.383 e. The third-order valence-corrected chi connectivity index (χ3v) is 4.48. The lowest BCUT2D eigenvalue weighted by Crippen LogP contribution is -2.49. The van der Waals surface area contributed by atoms with Crippen LogP contribution < -0.4 is 5.32 Å². The molecule has 1 N–H and O–H groups in total. The number of halogens is 2. The van der Waals surface area contributed by atoms with Crippen LogP contribution in [0.5, 0.6) is 0 Å². The zero-order valence-electron chi connectivity index (χ0n) is 13.6. The summed E-state index contributed by atoms with van der Waals surface area (Å²) in [4.78, 5) is 16.7. The van der Waals surface area contributed by atoms with E-state index in [0.29, 0.717) is 19.2 Å². The van der Waals surface area contributed by atoms with Crippen molar-refractivity contribution in [3.05, 3.63) is 0 Å². The summed E-state index contributed by atoms with van der Waals surface area (Å²) < 4.78 is 4.96. The number of ether oxygens (including phenoxy) is 1. The van der Waals surface area contributed by atoms with Gasteiger partial charge in [-0.05, 0) is 38.8 Å². The first-order valence-electron chi connectivity index (χ1n) is 8.02. The van der Waals surface area contributed by atoms with E-state index in [1.54, 1.807) is 7.11 Å². The Kier molecular flexibility index (Phi) is 12.3. The predicted molar refractivity (Wildman–Crippen MR) is 94.3 cm³/mol. The van der Waals surface area contributed by atoms with Gasteiger partial charge in [0.1, 0.15) is 0 Å². The molecule has 0 saturated carbocycles. The van der Waals surface area contributed by atoms with E-state index in [4.69, 9.17) is 4.74 Å². The van der Waals surface area contributed by atoms with E-state index >= 15 is 0 Å². The summed E-state index contributed by atoms with van der Waals surface area (Å²) >= 11 is 0. The molecular formula is C15H31Cl2N3O2. The van der Waals surface area contributed by atoms with Crippen molar-refractivity contribution in [3.8, 4) is 0 Å². The molecule has 2 saturated heterocycles. The Morgan fingerprint density at radius 2 is 1.73 bits per heavy atom. The van der Waals surface area contributed by atoms with Crippen LogP contribution in [-0.2, 0) is 9.53 Å². The molecule has 2 aliphatic heterocycles. The molecule has 0 aromatic heterocycles. The van der Waals surface area contributed by atoms with Gasteiger partial charge in [0.05, 0.1) is 13.2 Å². The highest BCUT2D eigenvalue weighted by Gasteiger charge is 2.27. The summed E-state index contributed by atoms with van der Waals surface area (Å²) in [6.07, 6.45) is 6.37. The van der Waals surface area contributed by atoms with Gasteiger partial charge in [-0.2, -0.15) is 0 Å². The van der Waals surface area contributed by atoms with Crippen molar-refractivity contribution in [1.82, 2.24) is 15.1 Å². The number of likely N-dealkylation sites (tertiary alicyclic amines) is 2. The van der Waals surface area contributed by atoms with Crippen LogP contribution in [0.2, 0.25) is 0 Å². The molecule has 132 valence electrons. The van der Waals surface area contributed by atoms with Crippen molar-refractivity contribution in [1.29, 1.82) is 0 Å². The van der Waals surface area contributed by atoms with Crippen LogP contribution in [0.1, 0.15) is 32.1 Å². The Hall–Kier alpha value is -0.0700. The number of hydrogen-bond donors (Lipinski definition) is 1. The molecule has 2 rings (SSSR count). The molecule has 22 heavy (non-hydrogen) atoms. The third-order valence-electron chi connectivity index (χ3n) is 4.48. The molecule has 1 amide bonds. The van der Waals surface area contributed by atoms with Crippen molar-refractivity contribution in [2.24, 2.45) is 0 Å². The van der Waals surface area contributed by atoms with Crippen LogP contribution in [0.4, 0.5) is 0 Å². The molecule has 0 atom stereocenters. The van der Waals surface area contributed by atoms with Crippen molar-refractivity contribution < 1.29 is 9.53 Å². The highest BCUT2D eigenvalue weighted by atomic mass is 35.5.